The van der Waals surface area contributed by atoms with Gasteiger partial charge in [0.05, 0.1) is 29.7 Å². The molecule has 4 aromatic heterocycles. The fourth-order valence-corrected chi connectivity index (χ4v) is 7.26. The predicted molar refractivity (Wildman–Crippen MR) is 252 cm³/mol. The lowest BCUT2D eigenvalue weighted by molar-refractivity contribution is -0.118. The molecule has 5 amide bonds. The van der Waals surface area contributed by atoms with Crippen molar-refractivity contribution in [2.45, 2.75) is 46.4 Å². The molecule has 5 heterocycles. The third kappa shape index (κ3) is 11.3. The Bertz CT molecular complexity index is 3380. The van der Waals surface area contributed by atoms with Gasteiger partial charge in [0.15, 0.2) is 23.7 Å². The van der Waals surface area contributed by atoms with E-state index in [0.29, 0.717) is 33.8 Å². The number of aromatic nitrogens is 6. The van der Waals surface area contributed by atoms with Gasteiger partial charge in [-0.15, -0.1) is 0 Å². The van der Waals surface area contributed by atoms with E-state index in [1.54, 1.807) is 55.5 Å². The van der Waals surface area contributed by atoms with Crippen molar-refractivity contribution in [3.05, 3.63) is 189 Å². The van der Waals surface area contributed by atoms with E-state index in [9.17, 15) is 37.5 Å². The third-order valence-electron chi connectivity index (χ3n) is 11.1. The van der Waals surface area contributed by atoms with E-state index in [-0.39, 0.29) is 78.0 Å². The molecule has 1 aliphatic rings. The molecule has 0 spiro atoms. The smallest absolute Gasteiger partial charge is 0.335 e. The molecule has 0 radical (unpaired) electrons. The van der Waals surface area contributed by atoms with Crippen molar-refractivity contribution >= 4 is 52.5 Å². The van der Waals surface area contributed by atoms with Gasteiger partial charge in [-0.25, -0.2) is 32.6 Å². The number of nitrogens with zero attached hydrogens (tertiary/aromatic N) is 6. The van der Waals surface area contributed by atoms with Crippen LogP contribution in [0.3, 0.4) is 0 Å². The number of hydrogen-bond donors (Lipinski definition) is 6. The first kappa shape index (κ1) is 48.1. The van der Waals surface area contributed by atoms with Gasteiger partial charge in [0.2, 0.25) is 0 Å². The summed E-state index contributed by atoms with van der Waals surface area (Å²) in [4.78, 5) is 82.5. The number of nitrogens with one attached hydrogen (secondary N) is 5. The number of benzene rings is 4. The average molecular weight is 964 g/mol. The van der Waals surface area contributed by atoms with Gasteiger partial charge in [0, 0.05) is 37.8 Å². The van der Waals surface area contributed by atoms with Gasteiger partial charge in [0.25, 0.3) is 29.5 Å². The minimum absolute atomic E-state index is 0.0304. The van der Waals surface area contributed by atoms with Crippen molar-refractivity contribution in [1.82, 2.24) is 50.5 Å². The third-order valence-corrected chi connectivity index (χ3v) is 11.1. The highest BCUT2D eigenvalue weighted by Gasteiger charge is 2.23. The Balaban J connectivity index is 0.000000191. The molecule has 4 aromatic carbocycles. The summed E-state index contributed by atoms with van der Waals surface area (Å²) >= 11 is 0. The SMILES string of the molecule is Cc1cc(CNC(=O)c2cc(C(=O)NCc3ccc(C(=O)O)cc3)n3nccc3n2)ccc1F.Cc1ccc([C@H](C)NC(=O)c2cc(C(=O)NCc3ccc4c(c3)NC(=O)CO4)nc3c(F)cnn23)cc1. The van der Waals surface area contributed by atoms with E-state index in [2.05, 4.69) is 46.7 Å². The Morgan fingerprint density at radius 2 is 1.32 bits per heavy atom. The molecule has 0 unspecified atom stereocenters. The molecular formula is C50H43F2N11O8. The molecule has 19 nitrogen and oxygen atoms in total. The van der Waals surface area contributed by atoms with Crippen molar-refractivity contribution in [3.63, 3.8) is 0 Å². The highest BCUT2D eigenvalue weighted by atomic mass is 19.1. The van der Waals surface area contributed by atoms with Crippen molar-refractivity contribution in [3.8, 4) is 5.75 Å². The Morgan fingerprint density at radius 1 is 0.704 bits per heavy atom. The predicted octanol–water partition coefficient (Wildman–Crippen LogP) is 5.66. The van der Waals surface area contributed by atoms with Crippen LogP contribution in [0.4, 0.5) is 14.5 Å². The van der Waals surface area contributed by atoms with Gasteiger partial charge in [-0.2, -0.15) is 10.2 Å². The molecule has 1 atom stereocenters. The van der Waals surface area contributed by atoms with Crippen LogP contribution in [-0.2, 0) is 24.4 Å². The number of carbonyl (C=O) groups is 6. The van der Waals surface area contributed by atoms with Gasteiger partial charge in [-0.1, -0.05) is 60.2 Å². The maximum atomic E-state index is 14.4. The molecule has 0 saturated heterocycles. The lowest BCUT2D eigenvalue weighted by Gasteiger charge is -2.18. The Hall–Kier alpha value is -9.40. The summed E-state index contributed by atoms with van der Waals surface area (Å²) in [6.45, 7) is 5.79. The van der Waals surface area contributed by atoms with E-state index < -0.39 is 35.4 Å². The van der Waals surface area contributed by atoms with Crippen LogP contribution in [0.5, 0.6) is 5.75 Å². The van der Waals surface area contributed by atoms with Gasteiger partial charge in [-0.05, 0) is 78.9 Å². The number of carbonyl (C=O) groups excluding carboxylic acids is 5. The second-order valence-corrected chi connectivity index (χ2v) is 16.3. The Labute approximate surface area is 402 Å². The first-order valence-electron chi connectivity index (χ1n) is 21.8. The summed E-state index contributed by atoms with van der Waals surface area (Å²) in [7, 11) is 0. The topological polar surface area (TPSA) is 252 Å². The van der Waals surface area contributed by atoms with E-state index in [4.69, 9.17) is 9.84 Å². The summed E-state index contributed by atoms with van der Waals surface area (Å²) in [6, 6.07) is 27.3. The molecule has 8 aromatic rings. The highest BCUT2D eigenvalue weighted by Crippen LogP contribution is 2.28. The normalized spacial score (nSPS) is 12.1. The zero-order chi connectivity index (χ0) is 50.3. The van der Waals surface area contributed by atoms with E-state index in [1.165, 1.54) is 41.0 Å². The summed E-state index contributed by atoms with van der Waals surface area (Å²) in [5, 5.41) is 30.7. The van der Waals surface area contributed by atoms with Crippen LogP contribution in [0.2, 0.25) is 0 Å². The number of rotatable bonds is 13. The van der Waals surface area contributed by atoms with Crippen LogP contribution < -0.4 is 31.3 Å². The molecule has 0 saturated carbocycles. The number of aryl methyl sites for hydroxylation is 2. The average Bonchev–Trinajstić information content (AvgIpc) is 4.01. The number of anilines is 1. The van der Waals surface area contributed by atoms with Gasteiger partial charge >= 0.3 is 5.97 Å². The minimum atomic E-state index is -1.03. The molecule has 0 fully saturated rings. The number of hydrogen-bond acceptors (Lipinski definition) is 11. The molecular weight excluding hydrogens is 921 g/mol. The van der Waals surface area contributed by atoms with Crippen LogP contribution >= 0.6 is 0 Å². The molecule has 0 aliphatic carbocycles. The van der Waals surface area contributed by atoms with Gasteiger partial charge in [-0.3, -0.25) is 24.0 Å². The maximum absolute atomic E-state index is 14.4. The molecule has 9 rings (SSSR count). The second kappa shape index (κ2) is 20.9. The van der Waals surface area contributed by atoms with Crippen LogP contribution in [0, 0.1) is 25.5 Å². The van der Waals surface area contributed by atoms with E-state index in [0.717, 1.165) is 27.4 Å². The number of aromatic carboxylic acids is 1. The second-order valence-electron chi connectivity index (χ2n) is 16.3. The number of halogens is 2. The van der Waals surface area contributed by atoms with E-state index in [1.807, 2.05) is 38.1 Å². The number of fused-ring (bicyclic) bond motifs is 3. The first-order valence-corrected chi connectivity index (χ1v) is 21.8. The first-order chi connectivity index (χ1) is 34.1. The number of carboxylic acid groups (broad SMARTS) is 1. The fourth-order valence-electron chi connectivity index (χ4n) is 7.26. The summed E-state index contributed by atoms with van der Waals surface area (Å²) in [5.74, 6) is -3.98. The van der Waals surface area contributed by atoms with Crippen molar-refractivity contribution in [2.75, 3.05) is 11.9 Å². The van der Waals surface area contributed by atoms with Crippen LogP contribution in [0.25, 0.3) is 11.3 Å². The summed E-state index contributed by atoms with van der Waals surface area (Å²) in [6.07, 6.45) is 2.40. The fraction of sp³-hybridized carbons (Fsp3) is 0.160. The molecule has 6 N–H and O–H groups in total. The maximum Gasteiger partial charge on any atom is 0.335 e. The standard InChI is InChI=1S/C26H23FN6O4.C24H20FN5O4/c1-14-3-6-17(7-4-14)15(2)30-26(36)21-10-20(32-24-18(27)12-29-33(21)24)25(35)28-11-16-5-8-22-19(9-16)31-23(34)13-37-22;1-14-10-16(4-7-18(14)25)13-26-22(31)19-11-20(30-21(29-19)8-9-28-30)23(32)27-12-15-2-5-17(6-3-15)24(33)34/h3-10,12,15H,11,13H2,1-2H3,(H,28,35)(H,30,36)(H,31,34);2-11H,12-13H2,1H3,(H,26,31)(H,27,32)(H,33,34)/t15-;/m0./s1. The highest BCUT2D eigenvalue weighted by molar-refractivity contribution is 5.99. The number of ether oxygens (including phenoxy) is 1. The number of carboxylic acids is 1. The molecule has 1 aliphatic heterocycles. The van der Waals surface area contributed by atoms with Gasteiger partial charge < -0.3 is 36.4 Å². The molecule has 21 heteroatoms. The quantitative estimate of drug-likeness (QED) is 0.0819. The lowest BCUT2D eigenvalue weighted by atomic mass is 10.1. The molecule has 360 valence electrons. The lowest BCUT2D eigenvalue weighted by Crippen LogP contribution is -2.30. The van der Waals surface area contributed by atoms with Gasteiger partial charge in [0.1, 0.15) is 34.3 Å². The summed E-state index contributed by atoms with van der Waals surface area (Å²) < 4.78 is 35.6. The van der Waals surface area contributed by atoms with Crippen molar-refractivity contribution < 1.29 is 47.4 Å². The Morgan fingerprint density at radius 3 is 2.01 bits per heavy atom. The zero-order valence-corrected chi connectivity index (χ0v) is 38.1. The summed E-state index contributed by atoms with van der Waals surface area (Å²) in [5.41, 5.74) is 5.27. The van der Waals surface area contributed by atoms with Crippen molar-refractivity contribution in [2.24, 2.45) is 0 Å². The van der Waals surface area contributed by atoms with Crippen molar-refractivity contribution in [1.29, 1.82) is 0 Å². The monoisotopic (exact) mass is 963 g/mol. The Kier molecular flexibility index (Phi) is 14.1. The zero-order valence-electron chi connectivity index (χ0n) is 38.1. The molecule has 0 bridgehead atoms. The van der Waals surface area contributed by atoms with Crippen LogP contribution in [0.15, 0.2) is 116 Å². The molecule has 71 heavy (non-hydrogen) atoms. The van der Waals surface area contributed by atoms with Crippen LogP contribution in [0.1, 0.15) is 98.7 Å². The number of amides is 5. The largest absolute Gasteiger partial charge is 0.482 e. The van der Waals surface area contributed by atoms with E-state index >= 15 is 0 Å². The minimum Gasteiger partial charge on any atom is -0.482 e. The van der Waals surface area contributed by atoms with Crippen LogP contribution in [-0.4, -0.2) is 76.4 Å².